The Bertz CT molecular complexity index is 1340. The van der Waals surface area contributed by atoms with E-state index in [1.165, 1.54) is 0 Å². The van der Waals surface area contributed by atoms with Gasteiger partial charge in [-0.1, -0.05) is 46.2 Å². The first-order valence-corrected chi connectivity index (χ1v) is 18.8. The van der Waals surface area contributed by atoms with Crippen LogP contribution in [0.5, 0.6) is 5.75 Å². The summed E-state index contributed by atoms with van der Waals surface area (Å²) in [5, 5.41) is 12.0. The molecule has 5 rings (SSSR count). The first-order valence-electron chi connectivity index (χ1n) is 17.1. The smallest absolute Gasteiger partial charge is 0.490 e. The van der Waals surface area contributed by atoms with Gasteiger partial charge in [-0.25, -0.2) is 17.9 Å². The minimum absolute atomic E-state index is 0.00960. The molecule has 0 aromatic heterocycles. The normalized spacial score (nSPS) is 38.3. The molecule has 1 aromatic rings. The highest BCUT2D eigenvalue weighted by atomic mass is 32.2. The van der Waals surface area contributed by atoms with E-state index in [2.05, 4.69) is 25.5 Å². The van der Waals surface area contributed by atoms with E-state index >= 15 is 0 Å². The van der Waals surface area contributed by atoms with Gasteiger partial charge in [0.05, 0.1) is 19.0 Å². The number of alkyl halides is 3. The zero-order chi connectivity index (χ0) is 33.7. The summed E-state index contributed by atoms with van der Waals surface area (Å²) >= 11 is 0. The largest absolute Gasteiger partial charge is 0.497 e. The lowest BCUT2D eigenvalue weighted by Crippen LogP contribution is -2.62. The molecular weight excluding hydrogens is 619 g/mol. The van der Waals surface area contributed by atoms with Crippen LogP contribution in [-0.2, 0) is 26.1 Å². The second-order valence-electron chi connectivity index (χ2n) is 15.2. The standard InChI is InChI=1S/C35H52F3NO6S/c1-6-25-29-19-24(45-32(41)35(36,37)38)13-16-34(29,4)28-14-17-33(3)26(11-12-27(33)30(28)31(25)40)21(2)15-18-46(42,43)39-20-22-7-9-23(44-5)10-8-22/h7-10,21,24-31,39-40H,6,11-20H2,1-5H3/t21-,24-,25-,26-,27+,28+,29?,30?,31-,33-,34?/m1/s1. The molecule has 1 aromatic carbocycles. The summed E-state index contributed by atoms with van der Waals surface area (Å²) in [6.07, 6.45) is 0.319. The van der Waals surface area contributed by atoms with Crippen LogP contribution in [0, 0.1) is 52.3 Å². The van der Waals surface area contributed by atoms with Gasteiger partial charge in [0.15, 0.2) is 0 Å². The monoisotopic (exact) mass is 671 g/mol. The predicted octanol–water partition coefficient (Wildman–Crippen LogP) is 6.88. The van der Waals surface area contributed by atoms with Gasteiger partial charge < -0.3 is 14.6 Å². The lowest BCUT2D eigenvalue weighted by atomic mass is 9.41. The van der Waals surface area contributed by atoms with E-state index in [1.807, 2.05) is 31.2 Å². The fourth-order valence-corrected chi connectivity index (χ4v) is 12.0. The first kappa shape index (κ1) is 35.5. The third-order valence-electron chi connectivity index (χ3n) is 13.1. The van der Waals surface area contributed by atoms with E-state index in [0.29, 0.717) is 37.5 Å². The van der Waals surface area contributed by atoms with Crippen molar-refractivity contribution in [3.05, 3.63) is 29.8 Å². The van der Waals surface area contributed by atoms with Crippen molar-refractivity contribution in [3.63, 3.8) is 0 Å². The SMILES string of the molecule is CC[C@@H]1C2C[C@H](OC(=O)C(F)(F)F)CCC2(C)[C@H]2CC[C@]3(C)[C@@H]([C@H](C)CCS(=O)(=O)NCc4ccc(OC)cc4)CC[C@H]3C2[C@@H]1O. The number of aliphatic hydroxyl groups excluding tert-OH is 1. The number of carbonyl (C=O) groups excluding carboxylic acids is 1. The molecule has 0 spiro atoms. The number of nitrogens with one attached hydrogen (secondary N) is 1. The zero-order valence-corrected chi connectivity index (χ0v) is 28.6. The predicted molar refractivity (Wildman–Crippen MR) is 169 cm³/mol. The molecule has 46 heavy (non-hydrogen) atoms. The number of aliphatic hydroxyl groups is 1. The molecule has 2 N–H and O–H groups in total. The number of ether oxygens (including phenoxy) is 2. The third-order valence-corrected chi connectivity index (χ3v) is 14.5. The van der Waals surface area contributed by atoms with Crippen LogP contribution in [0.4, 0.5) is 13.2 Å². The summed E-state index contributed by atoms with van der Waals surface area (Å²) in [4.78, 5) is 11.6. The molecular formula is C35H52F3NO6S. The van der Waals surface area contributed by atoms with Crippen LogP contribution in [0.3, 0.4) is 0 Å². The Kier molecular flexibility index (Phi) is 10.2. The van der Waals surface area contributed by atoms with Crippen LogP contribution < -0.4 is 9.46 Å². The van der Waals surface area contributed by atoms with Crippen molar-refractivity contribution in [2.45, 2.75) is 110 Å². The molecule has 4 saturated carbocycles. The molecule has 260 valence electrons. The molecule has 4 aliphatic rings. The molecule has 0 saturated heterocycles. The van der Waals surface area contributed by atoms with Gasteiger partial charge in [0, 0.05) is 6.54 Å². The van der Waals surface area contributed by atoms with E-state index in [9.17, 15) is 31.5 Å². The minimum Gasteiger partial charge on any atom is -0.497 e. The number of halogens is 3. The number of rotatable bonds is 10. The molecule has 0 radical (unpaired) electrons. The van der Waals surface area contributed by atoms with Gasteiger partial charge in [0.25, 0.3) is 0 Å². The maximum atomic E-state index is 13.0. The van der Waals surface area contributed by atoms with Gasteiger partial charge in [-0.2, -0.15) is 13.2 Å². The number of fused-ring (bicyclic) bond motifs is 5. The van der Waals surface area contributed by atoms with Crippen molar-refractivity contribution in [2.75, 3.05) is 12.9 Å². The quantitative estimate of drug-likeness (QED) is 0.263. The molecule has 7 nitrogen and oxygen atoms in total. The van der Waals surface area contributed by atoms with Crippen molar-refractivity contribution in [3.8, 4) is 5.75 Å². The van der Waals surface area contributed by atoms with E-state index in [0.717, 1.165) is 43.4 Å². The average molecular weight is 672 g/mol. The lowest BCUT2D eigenvalue weighted by molar-refractivity contribution is -0.222. The third kappa shape index (κ3) is 6.71. The molecule has 4 fully saturated rings. The molecule has 0 amide bonds. The van der Waals surface area contributed by atoms with E-state index in [-0.39, 0.29) is 52.7 Å². The van der Waals surface area contributed by atoms with Crippen LogP contribution in [0.2, 0.25) is 0 Å². The Balaban J connectivity index is 1.24. The number of hydrogen-bond donors (Lipinski definition) is 2. The number of esters is 1. The highest BCUT2D eigenvalue weighted by Gasteiger charge is 2.65. The number of carbonyl (C=O) groups is 1. The molecule has 3 unspecified atom stereocenters. The topological polar surface area (TPSA) is 102 Å². The Labute approximate surface area is 272 Å². The Morgan fingerprint density at radius 2 is 1.70 bits per heavy atom. The zero-order valence-electron chi connectivity index (χ0n) is 27.8. The molecule has 4 aliphatic carbocycles. The second-order valence-corrected chi connectivity index (χ2v) is 17.2. The number of methoxy groups -OCH3 is 1. The maximum absolute atomic E-state index is 13.0. The van der Waals surface area contributed by atoms with E-state index in [1.54, 1.807) is 7.11 Å². The first-order chi connectivity index (χ1) is 21.5. The van der Waals surface area contributed by atoms with Crippen molar-refractivity contribution in [2.24, 2.45) is 52.3 Å². The van der Waals surface area contributed by atoms with Gasteiger partial charge in [-0.05, 0) is 121 Å². The van der Waals surface area contributed by atoms with Gasteiger partial charge in [-0.15, -0.1) is 0 Å². The second kappa shape index (κ2) is 13.2. The van der Waals surface area contributed by atoms with Crippen molar-refractivity contribution in [1.29, 1.82) is 0 Å². The highest BCUT2D eigenvalue weighted by molar-refractivity contribution is 7.89. The average Bonchev–Trinajstić information content (AvgIpc) is 3.36. The summed E-state index contributed by atoms with van der Waals surface area (Å²) in [6.45, 7) is 9.08. The highest BCUT2D eigenvalue weighted by Crippen LogP contribution is 2.69. The van der Waals surface area contributed by atoms with Crippen LogP contribution in [-0.4, -0.2) is 50.7 Å². The Morgan fingerprint density at radius 1 is 1.04 bits per heavy atom. The van der Waals surface area contributed by atoms with Crippen molar-refractivity contribution in [1.82, 2.24) is 4.72 Å². The van der Waals surface area contributed by atoms with E-state index < -0.39 is 34.4 Å². The summed E-state index contributed by atoms with van der Waals surface area (Å²) < 4.78 is 77.7. The molecule has 0 aliphatic heterocycles. The Hall–Kier alpha value is -1.85. The van der Waals surface area contributed by atoms with Crippen molar-refractivity contribution >= 4 is 16.0 Å². The van der Waals surface area contributed by atoms with Crippen LogP contribution in [0.25, 0.3) is 0 Å². The van der Waals surface area contributed by atoms with Gasteiger partial charge in [0.2, 0.25) is 10.0 Å². The fourth-order valence-electron chi connectivity index (χ4n) is 10.8. The van der Waals surface area contributed by atoms with Crippen molar-refractivity contribution < 1.29 is 41.0 Å². The van der Waals surface area contributed by atoms with Crippen LogP contribution in [0.15, 0.2) is 24.3 Å². The van der Waals surface area contributed by atoms with Gasteiger partial charge in [0.1, 0.15) is 11.9 Å². The van der Waals surface area contributed by atoms with E-state index in [4.69, 9.17) is 9.47 Å². The molecule has 0 bridgehead atoms. The minimum atomic E-state index is -5.01. The molecule has 11 atom stereocenters. The number of hydrogen-bond acceptors (Lipinski definition) is 6. The summed E-state index contributed by atoms with van der Waals surface area (Å²) in [5.41, 5.74) is 0.715. The van der Waals surface area contributed by atoms with Gasteiger partial charge >= 0.3 is 12.1 Å². The molecule has 0 heterocycles. The van der Waals surface area contributed by atoms with Gasteiger partial charge in [-0.3, -0.25) is 0 Å². The maximum Gasteiger partial charge on any atom is 0.490 e. The van der Waals surface area contributed by atoms with Crippen LogP contribution in [0.1, 0.15) is 91.0 Å². The summed E-state index contributed by atoms with van der Waals surface area (Å²) in [6, 6.07) is 7.31. The summed E-state index contributed by atoms with van der Waals surface area (Å²) in [5.74, 6) is -0.195. The Morgan fingerprint density at radius 3 is 2.33 bits per heavy atom. The lowest BCUT2D eigenvalue weighted by Gasteiger charge is -2.64. The number of sulfonamides is 1. The fraction of sp³-hybridized carbons (Fsp3) is 0.800. The van der Waals surface area contributed by atoms with Crippen LogP contribution >= 0.6 is 0 Å². The summed E-state index contributed by atoms with van der Waals surface area (Å²) in [7, 11) is -1.87. The molecule has 11 heteroatoms. The number of benzene rings is 1.